The summed E-state index contributed by atoms with van der Waals surface area (Å²) >= 11 is 0. The number of allylic oxidation sites excluding steroid dienone is 2. The maximum atomic E-state index is 3.70. The first-order chi connectivity index (χ1) is 14.7. The van der Waals surface area contributed by atoms with E-state index in [4.69, 9.17) is 0 Å². The van der Waals surface area contributed by atoms with Gasteiger partial charge < -0.3 is 0 Å². The molecular formula is C30H36. The van der Waals surface area contributed by atoms with Crippen molar-refractivity contribution in [1.82, 2.24) is 0 Å². The second-order valence-electron chi connectivity index (χ2n) is 10.3. The van der Waals surface area contributed by atoms with E-state index in [0.717, 1.165) is 23.3 Å². The number of fused-ring (bicyclic) bond motifs is 4. The molecular weight excluding hydrogens is 360 g/mol. The molecule has 0 heterocycles. The van der Waals surface area contributed by atoms with Crippen LogP contribution in [0.1, 0.15) is 89.2 Å². The minimum atomic E-state index is 0.386. The van der Waals surface area contributed by atoms with Gasteiger partial charge in [-0.3, -0.25) is 0 Å². The molecule has 3 fully saturated rings. The molecule has 3 saturated carbocycles. The summed E-state index contributed by atoms with van der Waals surface area (Å²) in [6.07, 6.45) is 15.3. The Kier molecular flexibility index (Phi) is 5.54. The highest BCUT2D eigenvalue weighted by molar-refractivity contribution is 5.37. The van der Waals surface area contributed by atoms with Crippen LogP contribution >= 0.6 is 0 Å². The van der Waals surface area contributed by atoms with E-state index >= 15 is 0 Å². The smallest absolute Gasteiger partial charge is 0.0265 e. The normalized spacial score (nSPS) is 34.6. The van der Waals surface area contributed by atoms with Gasteiger partial charge >= 0.3 is 0 Å². The Morgan fingerprint density at radius 3 is 2.53 bits per heavy atom. The first kappa shape index (κ1) is 20.0. The fourth-order valence-electron chi connectivity index (χ4n) is 7.88. The molecule has 0 aromatic heterocycles. The van der Waals surface area contributed by atoms with Crippen LogP contribution in [-0.4, -0.2) is 0 Å². The van der Waals surface area contributed by atoms with Crippen molar-refractivity contribution in [2.45, 2.75) is 84.5 Å². The molecule has 0 spiro atoms. The fraction of sp³-hybridized carbons (Fsp3) is 0.600. The van der Waals surface area contributed by atoms with Gasteiger partial charge in [-0.1, -0.05) is 41.5 Å². The van der Waals surface area contributed by atoms with E-state index in [2.05, 4.69) is 47.9 Å². The SMILES string of the molecule is CC#Cc1ccc(C[C@]23CCC4=C5CCCCC5CC[C@H]4[C@@H]2CC[C@H]3C#CC)cc1. The minimum absolute atomic E-state index is 0.386. The summed E-state index contributed by atoms with van der Waals surface area (Å²) in [6, 6.07) is 9.12. The van der Waals surface area contributed by atoms with E-state index in [1.807, 2.05) is 25.0 Å². The summed E-state index contributed by atoms with van der Waals surface area (Å²) < 4.78 is 0. The lowest BCUT2D eigenvalue weighted by Gasteiger charge is -2.51. The lowest BCUT2D eigenvalue weighted by Crippen LogP contribution is -2.44. The van der Waals surface area contributed by atoms with E-state index in [1.165, 1.54) is 76.2 Å². The molecule has 0 bridgehead atoms. The molecule has 0 heteroatoms. The van der Waals surface area contributed by atoms with Crippen LogP contribution in [0.15, 0.2) is 35.4 Å². The molecule has 30 heavy (non-hydrogen) atoms. The topological polar surface area (TPSA) is 0 Å². The maximum Gasteiger partial charge on any atom is 0.0265 e. The molecule has 5 rings (SSSR count). The predicted molar refractivity (Wildman–Crippen MR) is 126 cm³/mol. The Bertz CT molecular complexity index is 938. The largest absolute Gasteiger partial charge is 0.106 e. The summed E-state index contributed by atoms with van der Waals surface area (Å²) in [7, 11) is 0. The van der Waals surface area contributed by atoms with E-state index in [1.54, 1.807) is 0 Å². The first-order valence-electron chi connectivity index (χ1n) is 12.4. The monoisotopic (exact) mass is 396 g/mol. The zero-order valence-electron chi connectivity index (χ0n) is 18.9. The lowest BCUT2D eigenvalue weighted by molar-refractivity contribution is 0.0672. The van der Waals surface area contributed by atoms with E-state index in [0.29, 0.717) is 11.3 Å². The van der Waals surface area contributed by atoms with E-state index in [9.17, 15) is 0 Å². The number of benzene rings is 1. The zero-order valence-corrected chi connectivity index (χ0v) is 18.9. The second kappa shape index (κ2) is 8.31. The van der Waals surface area contributed by atoms with Gasteiger partial charge in [-0.15, -0.1) is 11.8 Å². The third-order valence-electron chi connectivity index (χ3n) is 9.05. The van der Waals surface area contributed by atoms with Crippen LogP contribution in [0.5, 0.6) is 0 Å². The molecule has 1 unspecified atom stereocenters. The summed E-state index contributed by atoms with van der Waals surface area (Å²) in [5.41, 5.74) is 6.88. The van der Waals surface area contributed by atoms with Crippen molar-refractivity contribution in [2.24, 2.45) is 29.1 Å². The third-order valence-corrected chi connectivity index (χ3v) is 9.05. The minimum Gasteiger partial charge on any atom is -0.106 e. The molecule has 0 radical (unpaired) electrons. The average Bonchev–Trinajstić information content (AvgIpc) is 3.13. The van der Waals surface area contributed by atoms with Crippen molar-refractivity contribution in [3.63, 3.8) is 0 Å². The Morgan fingerprint density at radius 2 is 1.73 bits per heavy atom. The Labute approximate surface area is 183 Å². The molecule has 0 amide bonds. The third kappa shape index (κ3) is 3.34. The molecule has 1 aromatic rings. The van der Waals surface area contributed by atoms with Crippen molar-refractivity contribution in [1.29, 1.82) is 0 Å². The van der Waals surface area contributed by atoms with Crippen molar-refractivity contribution in [3.05, 3.63) is 46.5 Å². The molecule has 4 aliphatic rings. The average molecular weight is 397 g/mol. The Morgan fingerprint density at radius 1 is 0.867 bits per heavy atom. The van der Waals surface area contributed by atoms with Crippen LogP contribution in [0.2, 0.25) is 0 Å². The first-order valence-corrected chi connectivity index (χ1v) is 12.4. The van der Waals surface area contributed by atoms with Crippen molar-refractivity contribution < 1.29 is 0 Å². The van der Waals surface area contributed by atoms with E-state index < -0.39 is 0 Å². The van der Waals surface area contributed by atoms with Gasteiger partial charge in [0.2, 0.25) is 0 Å². The molecule has 5 atom stereocenters. The quantitative estimate of drug-likeness (QED) is 0.363. The van der Waals surface area contributed by atoms with Gasteiger partial charge in [-0.05, 0) is 119 Å². The van der Waals surface area contributed by atoms with Gasteiger partial charge in [0.25, 0.3) is 0 Å². The van der Waals surface area contributed by atoms with Crippen molar-refractivity contribution in [2.75, 3.05) is 0 Å². The fourth-order valence-corrected chi connectivity index (χ4v) is 7.88. The highest BCUT2D eigenvalue weighted by Crippen LogP contribution is 2.63. The van der Waals surface area contributed by atoms with Gasteiger partial charge in [0, 0.05) is 11.5 Å². The van der Waals surface area contributed by atoms with Gasteiger partial charge in [-0.2, -0.15) is 0 Å². The molecule has 1 aromatic carbocycles. The van der Waals surface area contributed by atoms with Crippen LogP contribution in [0.3, 0.4) is 0 Å². The summed E-state index contributed by atoms with van der Waals surface area (Å²) in [6.45, 7) is 3.96. The molecule has 4 aliphatic carbocycles. The summed E-state index contributed by atoms with van der Waals surface area (Å²) in [4.78, 5) is 0. The van der Waals surface area contributed by atoms with Crippen LogP contribution in [0.4, 0.5) is 0 Å². The van der Waals surface area contributed by atoms with Crippen LogP contribution in [-0.2, 0) is 6.42 Å². The summed E-state index contributed by atoms with van der Waals surface area (Å²) in [5.74, 6) is 16.5. The van der Waals surface area contributed by atoms with Gasteiger partial charge in [-0.25, -0.2) is 0 Å². The maximum absolute atomic E-state index is 3.70. The predicted octanol–water partition coefficient (Wildman–Crippen LogP) is 7.33. The van der Waals surface area contributed by atoms with Crippen LogP contribution < -0.4 is 0 Å². The van der Waals surface area contributed by atoms with E-state index in [-0.39, 0.29) is 0 Å². The lowest BCUT2D eigenvalue weighted by atomic mass is 9.53. The number of rotatable bonds is 2. The Hall–Kier alpha value is -1.92. The van der Waals surface area contributed by atoms with Crippen LogP contribution in [0.25, 0.3) is 0 Å². The Balaban J connectivity index is 1.49. The van der Waals surface area contributed by atoms with Crippen LogP contribution in [0, 0.1) is 52.8 Å². The van der Waals surface area contributed by atoms with Crippen molar-refractivity contribution in [3.8, 4) is 23.7 Å². The molecule has 0 aliphatic heterocycles. The standard InChI is InChI=1S/C30H36/c1-3-7-22-11-13-23(14-12-22)21-30-20-19-27-26-10-6-5-9-24(26)15-17-28(27)29(30)18-16-25(30)8-4-2/h11-14,24-25,28-29H,5-6,9-10,15-21H2,1-2H3/t24?,25-,28-,29+,30+/m1/s1. The highest BCUT2D eigenvalue weighted by atomic mass is 14.6. The summed E-state index contributed by atoms with van der Waals surface area (Å²) in [5, 5.41) is 0. The second-order valence-corrected chi connectivity index (χ2v) is 10.3. The van der Waals surface area contributed by atoms with Gasteiger partial charge in [0.15, 0.2) is 0 Å². The highest BCUT2D eigenvalue weighted by Gasteiger charge is 2.55. The van der Waals surface area contributed by atoms with Gasteiger partial charge in [0.1, 0.15) is 0 Å². The zero-order chi connectivity index (χ0) is 20.6. The molecule has 0 N–H and O–H groups in total. The number of hydrogen-bond acceptors (Lipinski definition) is 0. The number of hydrogen-bond donors (Lipinski definition) is 0. The van der Waals surface area contributed by atoms with Crippen molar-refractivity contribution >= 4 is 0 Å². The molecule has 156 valence electrons. The molecule has 0 nitrogen and oxygen atoms in total. The van der Waals surface area contributed by atoms with Gasteiger partial charge in [0.05, 0.1) is 0 Å². The molecule has 0 saturated heterocycles.